The fraction of sp³-hybridized carbons (Fsp3) is 0.0476. The molecule has 6 nitrogen and oxygen atoms in total. The van der Waals surface area contributed by atoms with Crippen LogP contribution in [0.25, 0.3) is 22.2 Å². The molecule has 0 saturated heterocycles. The van der Waals surface area contributed by atoms with Crippen LogP contribution in [0.4, 0.5) is 5.69 Å². The number of anilines is 1. The summed E-state index contributed by atoms with van der Waals surface area (Å²) in [5.74, 6) is 0. The topological polar surface area (TPSA) is 91.3 Å². The highest BCUT2D eigenvalue weighted by Crippen LogP contribution is 2.23. The molecule has 0 bridgehead atoms. The van der Waals surface area contributed by atoms with Crippen LogP contribution in [0, 0.1) is 18.3 Å². The molecule has 0 aliphatic heterocycles. The monoisotopic (exact) mass is 386 g/mol. The molecule has 4 rings (SSSR count). The van der Waals surface area contributed by atoms with Crippen molar-refractivity contribution in [3.63, 3.8) is 0 Å². The maximum absolute atomic E-state index is 12.3. The number of aryl methyl sites for hydroxylation is 1. The third-order valence-electron chi connectivity index (χ3n) is 4.08. The van der Waals surface area contributed by atoms with Gasteiger partial charge in [0.25, 0.3) is 0 Å². The van der Waals surface area contributed by atoms with Gasteiger partial charge in [0, 0.05) is 10.8 Å². The van der Waals surface area contributed by atoms with E-state index in [0.29, 0.717) is 21.8 Å². The number of nitrogens with one attached hydrogen (secondary N) is 1. The van der Waals surface area contributed by atoms with Crippen molar-refractivity contribution in [2.24, 2.45) is 5.10 Å². The molecule has 0 amide bonds. The fourth-order valence-corrected chi connectivity index (χ4v) is 3.37. The summed E-state index contributed by atoms with van der Waals surface area (Å²) in [6.07, 6.45) is 0. The molecule has 0 radical (unpaired) electrons. The lowest BCUT2D eigenvalue weighted by Crippen LogP contribution is -2.04. The first kappa shape index (κ1) is 17.6. The first-order valence-electron chi connectivity index (χ1n) is 8.43. The zero-order valence-corrected chi connectivity index (χ0v) is 15.7. The van der Waals surface area contributed by atoms with Gasteiger partial charge in [-0.3, -0.25) is 5.43 Å². The lowest BCUT2D eigenvalue weighted by atomic mass is 10.1. The molecule has 0 fully saturated rings. The van der Waals surface area contributed by atoms with Crippen LogP contribution in [-0.2, 0) is 0 Å². The van der Waals surface area contributed by atoms with E-state index in [9.17, 15) is 10.1 Å². The van der Waals surface area contributed by atoms with Crippen LogP contribution in [-0.4, -0.2) is 10.7 Å². The van der Waals surface area contributed by atoms with Crippen molar-refractivity contribution >= 4 is 33.7 Å². The summed E-state index contributed by atoms with van der Waals surface area (Å²) in [5, 5.41) is 16.5. The van der Waals surface area contributed by atoms with E-state index in [-0.39, 0.29) is 5.71 Å². The normalized spacial score (nSPS) is 11.4. The quantitative estimate of drug-likeness (QED) is 0.315. The summed E-state index contributed by atoms with van der Waals surface area (Å²) < 4.78 is 5.36. The summed E-state index contributed by atoms with van der Waals surface area (Å²) in [6.45, 7) is 1.99. The molecule has 0 aliphatic rings. The van der Waals surface area contributed by atoms with Crippen molar-refractivity contribution in [1.82, 2.24) is 4.98 Å². The van der Waals surface area contributed by atoms with Gasteiger partial charge in [-0.25, -0.2) is 9.78 Å². The SMILES string of the molecule is Cc1ccc(N/N=C(\C#N)c2nc(-c3cc4ccccc4oc3=O)cs2)cc1. The number of rotatable bonds is 4. The van der Waals surface area contributed by atoms with Crippen LogP contribution < -0.4 is 11.1 Å². The standard InChI is InChI=1S/C21H14N4O2S/c1-13-6-8-15(9-7-13)24-25-17(11-22)20-23-18(12-28-20)16-10-14-4-2-3-5-19(14)27-21(16)26/h2-10,12,24H,1H3/b25-17+. The number of nitrogens with zero attached hydrogens (tertiary/aromatic N) is 3. The Kier molecular flexibility index (Phi) is 4.70. The Morgan fingerprint density at radius 3 is 2.79 bits per heavy atom. The van der Waals surface area contributed by atoms with Crippen LogP contribution in [0.5, 0.6) is 0 Å². The number of benzene rings is 2. The molecule has 7 heteroatoms. The van der Waals surface area contributed by atoms with E-state index >= 15 is 0 Å². The van der Waals surface area contributed by atoms with E-state index < -0.39 is 5.63 Å². The Morgan fingerprint density at radius 2 is 2.00 bits per heavy atom. The molecule has 0 spiro atoms. The maximum Gasteiger partial charge on any atom is 0.345 e. The van der Waals surface area contributed by atoms with Crippen LogP contribution in [0.3, 0.4) is 0 Å². The summed E-state index contributed by atoms with van der Waals surface area (Å²) >= 11 is 1.24. The Labute approximate surface area is 164 Å². The Balaban J connectivity index is 1.65. The Hall–Kier alpha value is -3.76. The van der Waals surface area contributed by atoms with E-state index in [2.05, 4.69) is 15.5 Å². The van der Waals surface area contributed by atoms with Crippen LogP contribution in [0.1, 0.15) is 10.6 Å². The van der Waals surface area contributed by atoms with E-state index in [0.717, 1.165) is 16.6 Å². The summed E-state index contributed by atoms with van der Waals surface area (Å²) in [6, 6.07) is 18.7. The number of aromatic nitrogens is 1. The van der Waals surface area contributed by atoms with E-state index in [4.69, 9.17) is 4.42 Å². The molecular weight excluding hydrogens is 372 g/mol. The molecule has 2 heterocycles. The number of para-hydroxylation sites is 1. The molecule has 0 unspecified atom stereocenters. The molecule has 2 aromatic heterocycles. The van der Waals surface area contributed by atoms with Crippen molar-refractivity contribution in [1.29, 1.82) is 5.26 Å². The van der Waals surface area contributed by atoms with E-state index in [1.165, 1.54) is 11.3 Å². The van der Waals surface area contributed by atoms with Gasteiger partial charge >= 0.3 is 5.63 Å². The summed E-state index contributed by atoms with van der Waals surface area (Å²) in [5.41, 5.74) is 5.76. The highest BCUT2D eigenvalue weighted by Gasteiger charge is 2.14. The van der Waals surface area contributed by atoms with Crippen LogP contribution >= 0.6 is 11.3 Å². The molecule has 136 valence electrons. The lowest BCUT2D eigenvalue weighted by molar-refractivity contribution is 0.563. The zero-order valence-electron chi connectivity index (χ0n) is 14.8. The van der Waals surface area contributed by atoms with Crippen LogP contribution in [0.2, 0.25) is 0 Å². The van der Waals surface area contributed by atoms with Gasteiger partial charge < -0.3 is 4.42 Å². The van der Waals surface area contributed by atoms with Gasteiger partial charge in [-0.15, -0.1) is 11.3 Å². The van der Waals surface area contributed by atoms with Crippen molar-refractivity contribution in [2.75, 3.05) is 5.43 Å². The number of fused-ring (bicyclic) bond motifs is 1. The predicted octanol–water partition coefficient (Wildman–Crippen LogP) is 4.56. The number of hydrogen-bond acceptors (Lipinski definition) is 7. The molecule has 0 aliphatic carbocycles. The van der Waals surface area contributed by atoms with Crippen molar-refractivity contribution in [3.8, 4) is 17.3 Å². The number of hydrogen-bond donors (Lipinski definition) is 1. The van der Waals surface area contributed by atoms with Gasteiger partial charge in [-0.2, -0.15) is 10.4 Å². The number of thiazole rings is 1. The first-order chi connectivity index (χ1) is 13.6. The summed E-state index contributed by atoms with van der Waals surface area (Å²) in [7, 11) is 0. The Bertz CT molecular complexity index is 1280. The fourth-order valence-electron chi connectivity index (χ4n) is 2.62. The second kappa shape index (κ2) is 7.47. The molecule has 0 atom stereocenters. The van der Waals surface area contributed by atoms with Crippen LogP contribution in [0.15, 0.2) is 74.3 Å². The average molecular weight is 386 g/mol. The molecule has 28 heavy (non-hydrogen) atoms. The van der Waals surface area contributed by atoms with Gasteiger partial charge in [-0.05, 0) is 31.2 Å². The molecule has 4 aromatic rings. The highest BCUT2D eigenvalue weighted by molar-refractivity contribution is 7.12. The zero-order chi connectivity index (χ0) is 19.5. The minimum atomic E-state index is -0.469. The van der Waals surface area contributed by atoms with E-state index in [1.54, 1.807) is 17.5 Å². The van der Waals surface area contributed by atoms with Gasteiger partial charge in [0.05, 0.1) is 16.9 Å². The number of hydrazone groups is 1. The van der Waals surface area contributed by atoms with Gasteiger partial charge in [0.1, 0.15) is 11.7 Å². The van der Waals surface area contributed by atoms with Gasteiger partial charge in [0.2, 0.25) is 0 Å². The van der Waals surface area contributed by atoms with Crippen molar-refractivity contribution in [2.45, 2.75) is 6.92 Å². The largest absolute Gasteiger partial charge is 0.422 e. The van der Waals surface area contributed by atoms with E-state index in [1.807, 2.05) is 55.5 Å². The second-order valence-corrected chi connectivity index (χ2v) is 6.93. The van der Waals surface area contributed by atoms with Crippen molar-refractivity contribution in [3.05, 3.63) is 81.0 Å². The van der Waals surface area contributed by atoms with Crippen molar-refractivity contribution < 1.29 is 4.42 Å². The third-order valence-corrected chi connectivity index (χ3v) is 4.93. The summed E-state index contributed by atoms with van der Waals surface area (Å²) in [4.78, 5) is 16.7. The molecule has 0 saturated carbocycles. The van der Waals surface area contributed by atoms with Gasteiger partial charge in [-0.1, -0.05) is 35.9 Å². The van der Waals surface area contributed by atoms with Gasteiger partial charge in [0.15, 0.2) is 10.7 Å². The first-order valence-corrected chi connectivity index (χ1v) is 9.31. The third kappa shape index (κ3) is 3.54. The minimum absolute atomic E-state index is 0.141. The predicted molar refractivity (Wildman–Crippen MR) is 111 cm³/mol. The number of nitriles is 1. The molecular formula is C21H14N4O2S. The highest BCUT2D eigenvalue weighted by atomic mass is 32.1. The lowest BCUT2D eigenvalue weighted by Gasteiger charge is -2.01. The Morgan fingerprint density at radius 1 is 1.21 bits per heavy atom. The average Bonchev–Trinajstić information content (AvgIpc) is 3.19. The second-order valence-electron chi connectivity index (χ2n) is 6.07. The smallest absolute Gasteiger partial charge is 0.345 e. The maximum atomic E-state index is 12.3. The molecule has 1 N–H and O–H groups in total. The minimum Gasteiger partial charge on any atom is -0.422 e. The molecule has 2 aromatic carbocycles.